The lowest BCUT2D eigenvalue weighted by Crippen LogP contribution is -2.35. The molecular formula is C17H13Cl2NO. The lowest BCUT2D eigenvalue weighted by Gasteiger charge is -2.32. The van der Waals surface area contributed by atoms with Crippen LogP contribution in [0.15, 0.2) is 42.5 Å². The van der Waals surface area contributed by atoms with E-state index >= 15 is 0 Å². The second kappa shape index (κ2) is 5.60. The zero-order valence-electron chi connectivity index (χ0n) is 11.3. The van der Waals surface area contributed by atoms with Crippen molar-refractivity contribution in [3.8, 4) is 11.8 Å². The summed E-state index contributed by atoms with van der Waals surface area (Å²) in [6.07, 6.45) is 1.27. The molecular weight excluding hydrogens is 305 g/mol. The summed E-state index contributed by atoms with van der Waals surface area (Å²) in [6.45, 7) is 0.390. The molecule has 2 nitrogen and oxygen atoms in total. The van der Waals surface area contributed by atoms with Gasteiger partial charge in [0, 0.05) is 0 Å². The lowest BCUT2D eigenvalue weighted by molar-refractivity contribution is 0.169. The van der Waals surface area contributed by atoms with Crippen molar-refractivity contribution in [3.63, 3.8) is 0 Å². The molecule has 0 bridgehead atoms. The van der Waals surface area contributed by atoms with Gasteiger partial charge in [0.25, 0.3) is 0 Å². The van der Waals surface area contributed by atoms with E-state index in [0.29, 0.717) is 29.5 Å². The minimum Gasteiger partial charge on any atom is -0.492 e. The highest BCUT2D eigenvalue weighted by atomic mass is 35.5. The summed E-state index contributed by atoms with van der Waals surface area (Å²) in [5.74, 6) is 0.873. The third kappa shape index (κ3) is 2.85. The number of para-hydroxylation sites is 1. The summed E-state index contributed by atoms with van der Waals surface area (Å²) in [4.78, 5) is 0. The van der Waals surface area contributed by atoms with E-state index in [1.54, 1.807) is 6.07 Å². The number of nitriles is 1. The van der Waals surface area contributed by atoms with E-state index in [1.807, 2.05) is 36.4 Å². The summed E-state index contributed by atoms with van der Waals surface area (Å²) >= 11 is 12.0. The van der Waals surface area contributed by atoms with Crippen molar-refractivity contribution in [2.75, 3.05) is 6.61 Å². The molecule has 21 heavy (non-hydrogen) atoms. The smallest absolute Gasteiger partial charge is 0.122 e. The van der Waals surface area contributed by atoms with Gasteiger partial charge in [-0.2, -0.15) is 5.26 Å². The molecule has 0 radical (unpaired) electrons. The molecule has 0 aromatic heterocycles. The van der Waals surface area contributed by atoms with E-state index in [2.05, 4.69) is 6.07 Å². The molecule has 0 amide bonds. The van der Waals surface area contributed by atoms with Crippen LogP contribution in [0.3, 0.4) is 0 Å². The lowest BCUT2D eigenvalue weighted by atomic mass is 9.77. The van der Waals surface area contributed by atoms with Crippen LogP contribution in [0.2, 0.25) is 10.0 Å². The van der Waals surface area contributed by atoms with Gasteiger partial charge in [0.05, 0.1) is 21.5 Å². The normalized spacial score (nSPS) is 20.2. The van der Waals surface area contributed by atoms with Gasteiger partial charge in [-0.25, -0.2) is 0 Å². The quantitative estimate of drug-likeness (QED) is 0.805. The molecule has 106 valence electrons. The van der Waals surface area contributed by atoms with E-state index in [4.69, 9.17) is 27.9 Å². The highest BCUT2D eigenvalue weighted by Gasteiger charge is 2.36. The molecule has 0 fully saturated rings. The van der Waals surface area contributed by atoms with Gasteiger partial charge in [-0.05, 0) is 42.2 Å². The van der Waals surface area contributed by atoms with Crippen molar-refractivity contribution in [1.82, 2.24) is 0 Å². The number of benzene rings is 2. The molecule has 0 aliphatic carbocycles. The molecule has 2 aromatic rings. The van der Waals surface area contributed by atoms with Gasteiger partial charge in [-0.1, -0.05) is 47.5 Å². The number of ether oxygens (including phenoxy) is 1. The number of halogens is 2. The Labute approximate surface area is 133 Å². The Morgan fingerprint density at radius 3 is 2.71 bits per heavy atom. The van der Waals surface area contributed by atoms with Gasteiger partial charge >= 0.3 is 0 Å². The summed E-state index contributed by atoms with van der Waals surface area (Å²) in [5.41, 5.74) is 1.50. The second-order valence-corrected chi connectivity index (χ2v) is 6.20. The molecule has 2 aromatic carbocycles. The molecule has 0 N–H and O–H groups in total. The number of fused-ring (bicyclic) bond motifs is 1. The predicted molar refractivity (Wildman–Crippen MR) is 83.9 cm³/mol. The third-order valence-corrected chi connectivity index (χ3v) is 4.51. The molecule has 1 heterocycles. The molecule has 1 unspecified atom stereocenters. The molecule has 0 saturated carbocycles. The van der Waals surface area contributed by atoms with Gasteiger partial charge in [0.2, 0.25) is 0 Å². The Morgan fingerprint density at radius 1 is 1.14 bits per heavy atom. The molecule has 3 rings (SSSR count). The maximum Gasteiger partial charge on any atom is 0.122 e. The van der Waals surface area contributed by atoms with Crippen molar-refractivity contribution >= 4 is 23.2 Å². The first-order chi connectivity index (χ1) is 10.1. The second-order valence-electron chi connectivity index (χ2n) is 5.39. The van der Waals surface area contributed by atoms with Gasteiger partial charge in [-0.3, -0.25) is 0 Å². The van der Waals surface area contributed by atoms with Gasteiger partial charge in [0.15, 0.2) is 0 Å². The summed E-state index contributed by atoms with van der Waals surface area (Å²) in [6, 6.07) is 15.8. The topological polar surface area (TPSA) is 33.0 Å². The van der Waals surface area contributed by atoms with Crippen molar-refractivity contribution in [1.29, 1.82) is 5.26 Å². The first-order valence-electron chi connectivity index (χ1n) is 6.68. The van der Waals surface area contributed by atoms with E-state index in [-0.39, 0.29) is 0 Å². The largest absolute Gasteiger partial charge is 0.492 e. The van der Waals surface area contributed by atoms with Gasteiger partial charge < -0.3 is 4.74 Å². The zero-order chi connectivity index (χ0) is 14.9. The molecule has 0 spiro atoms. The van der Waals surface area contributed by atoms with Crippen molar-refractivity contribution < 1.29 is 4.74 Å². The highest BCUT2D eigenvalue weighted by Crippen LogP contribution is 2.37. The molecule has 1 atom stereocenters. The van der Waals surface area contributed by atoms with Crippen molar-refractivity contribution in [2.45, 2.75) is 12.8 Å². The Morgan fingerprint density at radius 2 is 1.95 bits per heavy atom. The fourth-order valence-corrected chi connectivity index (χ4v) is 3.01. The summed E-state index contributed by atoms with van der Waals surface area (Å²) in [7, 11) is 0. The minimum atomic E-state index is -0.564. The highest BCUT2D eigenvalue weighted by molar-refractivity contribution is 6.42. The average molecular weight is 318 g/mol. The monoisotopic (exact) mass is 317 g/mol. The SMILES string of the molecule is N#CC1(Cc2ccc(Cl)c(Cl)c2)COc2ccccc2C1. The molecule has 4 heteroatoms. The fraction of sp³-hybridized carbons (Fsp3) is 0.235. The maximum absolute atomic E-state index is 9.66. The molecule has 0 saturated heterocycles. The van der Waals surface area contributed by atoms with E-state index < -0.39 is 5.41 Å². The first-order valence-corrected chi connectivity index (χ1v) is 7.43. The minimum absolute atomic E-state index is 0.390. The summed E-state index contributed by atoms with van der Waals surface area (Å²) in [5, 5.41) is 10.7. The molecule has 1 aliphatic heterocycles. The van der Waals surface area contributed by atoms with Gasteiger partial charge in [0.1, 0.15) is 12.4 Å². The first kappa shape index (κ1) is 14.3. The Bertz CT molecular complexity index is 723. The van der Waals surface area contributed by atoms with Crippen LogP contribution in [0.1, 0.15) is 11.1 Å². The Kier molecular flexibility index (Phi) is 3.80. The zero-order valence-corrected chi connectivity index (χ0v) is 12.8. The Balaban J connectivity index is 1.89. The van der Waals surface area contributed by atoms with E-state index in [0.717, 1.165) is 16.9 Å². The van der Waals surface area contributed by atoms with Crippen molar-refractivity contribution in [2.24, 2.45) is 5.41 Å². The molecule has 1 aliphatic rings. The van der Waals surface area contributed by atoms with Crippen LogP contribution in [0, 0.1) is 16.7 Å². The third-order valence-electron chi connectivity index (χ3n) is 3.77. The summed E-state index contributed by atoms with van der Waals surface area (Å²) < 4.78 is 5.77. The number of hydrogen-bond donors (Lipinski definition) is 0. The standard InChI is InChI=1S/C17H13Cl2NO/c18-14-6-5-12(7-15(14)19)8-17(10-20)9-13-3-1-2-4-16(13)21-11-17/h1-7H,8-9,11H2. The van der Waals surface area contributed by atoms with Crippen LogP contribution in [0.5, 0.6) is 5.75 Å². The van der Waals surface area contributed by atoms with Crippen LogP contribution in [-0.2, 0) is 12.8 Å². The van der Waals surface area contributed by atoms with Crippen LogP contribution >= 0.6 is 23.2 Å². The Hall–Kier alpha value is -1.69. The number of hydrogen-bond acceptors (Lipinski definition) is 2. The van der Waals surface area contributed by atoms with Crippen LogP contribution in [-0.4, -0.2) is 6.61 Å². The number of nitrogens with zero attached hydrogens (tertiary/aromatic N) is 1. The van der Waals surface area contributed by atoms with E-state index in [1.165, 1.54) is 0 Å². The predicted octanol–water partition coefficient (Wildman–Crippen LogP) is 4.68. The number of rotatable bonds is 2. The average Bonchev–Trinajstić information content (AvgIpc) is 2.51. The van der Waals surface area contributed by atoms with E-state index in [9.17, 15) is 5.26 Å². The fourth-order valence-electron chi connectivity index (χ4n) is 2.69. The van der Waals surface area contributed by atoms with Crippen LogP contribution in [0.25, 0.3) is 0 Å². The maximum atomic E-state index is 9.66. The van der Waals surface area contributed by atoms with Crippen LogP contribution < -0.4 is 4.74 Å². The van der Waals surface area contributed by atoms with Gasteiger partial charge in [-0.15, -0.1) is 0 Å². The van der Waals surface area contributed by atoms with Crippen LogP contribution in [0.4, 0.5) is 0 Å². The van der Waals surface area contributed by atoms with Crippen molar-refractivity contribution in [3.05, 3.63) is 63.6 Å².